The van der Waals surface area contributed by atoms with Crippen molar-refractivity contribution in [3.8, 4) is 0 Å². The first-order chi connectivity index (χ1) is 13.1. The molecule has 0 aliphatic carbocycles. The maximum Gasteiger partial charge on any atom is 0.337 e. The van der Waals surface area contributed by atoms with Crippen LogP contribution in [-0.4, -0.2) is 34.8 Å². The van der Waals surface area contributed by atoms with Gasteiger partial charge in [0.05, 0.1) is 29.3 Å². The van der Waals surface area contributed by atoms with Crippen molar-refractivity contribution in [1.82, 2.24) is 9.97 Å². The molecular formula is C19H16N2O5S. The molecule has 0 bridgehead atoms. The van der Waals surface area contributed by atoms with Gasteiger partial charge in [0, 0.05) is 4.90 Å². The van der Waals surface area contributed by atoms with E-state index in [1.54, 1.807) is 0 Å². The molecule has 0 unspecified atom stereocenters. The molecule has 2 aromatic carbocycles. The lowest BCUT2D eigenvalue weighted by molar-refractivity contribution is -0.141. The van der Waals surface area contributed by atoms with E-state index in [1.807, 2.05) is 30.3 Å². The SMILES string of the molecule is COC(=O)c1ccc2c(=O)[nH]c(COC(=O)CSc3ccccc3)nc2c1. The number of rotatable bonds is 6. The molecule has 0 spiro atoms. The summed E-state index contributed by atoms with van der Waals surface area (Å²) in [4.78, 5) is 43.5. The number of carbonyl (C=O) groups excluding carboxylic acids is 2. The Hall–Kier alpha value is -3.13. The van der Waals surface area contributed by atoms with Gasteiger partial charge in [-0.2, -0.15) is 0 Å². The molecule has 0 fully saturated rings. The normalized spacial score (nSPS) is 10.6. The van der Waals surface area contributed by atoms with Gasteiger partial charge >= 0.3 is 11.9 Å². The Morgan fingerprint density at radius 1 is 1.15 bits per heavy atom. The number of aromatic nitrogens is 2. The maximum absolute atomic E-state index is 12.1. The van der Waals surface area contributed by atoms with Crippen LogP contribution in [0.4, 0.5) is 0 Å². The summed E-state index contributed by atoms with van der Waals surface area (Å²) in [6, 6.07) is 13.9. The molecule has 0 saturated carbocycles. The molecule has 3 aromatic rings. The maximum atomic E-state index is 12.1. The zero-order chi connectivity index (χ0) is 19.2. The van der Waals surface area contributed by atoms with Gasteiger partial charge in [-0.25, -0.2) is 9.78 Å². The Morgan fingerprint density at radius 2 is 1.93 bits per heavy atom. The Bertz CT molecular complexity index is 1030. The van der Waals surface area contributed by atoms with E-state index >= 15 is 0 Å². The molecule has 138 valence electrons. The monoisotopic (exact) mass is 384 g/mol. The molecule has 1 heterocycles. The first-order valence-corrected chi connectivity index (χ1v) is 9.00. The molecule has 0 amide bonds. The van der Waals surface area contributed by atoms with Crippen LogP contribution in [0.15, 0.2) is 58.2 Å². The standard InChI is InChI=1S/C19H16N2O5S/c1-25-19(24)12-7-8-14-15(9-12)20-16(21-18(14)23)10-26-17(22)11-27-13-5-3-2-4-6-13/h2-9H,10-11H2,1H3,(H,20,21,23). The molecule has 0 aliphatic rings. The van der Waals surface area contributed by atoms with Gasteiger partial charge in [-0.05, 0) is 30.3 Å². The highest BCUT2D eigenvalue weighted by Crippen LogP contribution is 2.17. The van der Waals surface area contributed by atoms with Crippen molar-refractivity contribution >= 4 is 34.6 Å². The number of H-pyrrole nitrogens is 1. The zero-order valence-electron chi connectivity index (χ0n) is 14.4. The lowest BCUT2D eigenvalue weighted by Gasteiger charge is -2.06. The fourth-order valence-corrected chi connectivity index (χ4v) is 3.07. The summed E-state index contributed by atoms with van der Waals surface area (Å²) >= 11 is 1.36. The molecule has 0 aliphatic heterocycles. The van der Waals surface area contributed by atoms with Gasteiger partial charge in [0.25, 0.3) is 5.56 Å². The Balaban J connectivity index is 1.68. The number of ether oxygens (including phenoxy) is 2. The third-order valence-corrected chi connectivity index (χ3v) is 4.63. The van der Waals surface area contributed by atoms with Gasteiger partial charge in [-0.1, -0.05) is 18.2 Å². The summed E-state index contributed by atoms with van der Waals surface area (Å²) in [5.74, 6) is -0.596. The van der Waals surface area contributed by atoms with Crippen molar-refractivity contribution in [3.63, 3.8) is 0 Å². The second-order valence-electron chi connectivity index (χ2n) is 5.50. The first-order valence-electron chi connectivity index (χ1n) is 8.01. The molecule has 0 radical (unpaired) electrons. The van der Waals surface area contributed by atoms with Gasteiger partial charge in [-0.3, -0.25) is 9.59 Å². The molecule has 1 aromatic heterocycles. The predicted molar refractivity (Wildman–Crippen MR) is 101 cm³/mol. The highest BCUT2D eigenvalue weighted by Gasteiger charge is 2.11. The summed E-state index contributed by atoms with van der Waals surface area (Å²) in [6.45, 7) is -0.165. The Morgan fingerprint density at radius 3 is 2.67 bits per heavy atom. The number of hydrogen-bond donors (Lipinski definition) is 1. The van der Waals surface area contributed by atoms with Crippen LogP contribution < -0.4 is 5.56 Å². The number of fused-ring (bicyclic) bond motifs is 1. The predicted octanol–water partition coefficient (Wildman–Crippen LogP) is 2.55. The lowest BCUT2D eigenvalue weighted by atomic mass is 10.1. The summed E-state index contributed by atoms with van der Waals surface area (Å²) in [7, 11) is 1.27. The molecule has 3 rings (SSSR count). The lowest BCUT2D eigenvalue weighted by Crippen LogP contribution is -2.15. The number of carbonyl (C=O) groups is 2. The van der Waals surface area contributed by atoms with Gasteiger partial charge < -0.3 is 14.5 Å². The molecule has 0 atom stereocenters. The van der Waals surface area contributed by atoms with Crippen LogP contribution >= 0.6 is 11.8 Å². The second-order valence-corrected chi connectivity index (χ2v) is 6.55. The average Bonchev–Trinajstić information content (AvgIpc) is 2.70. The molecule has 27 heavy (non-hydrogen) atoms. The Kier molecular flexibility index (Phi) is 5.87. The topological polar surface area (TPSA) is 98.4 Å². The quantitative estimate of drug-likeness (QED) is 0.515. The van der Waals surface area contributed by atoms with E-state index in [1.165, 1.54) is 37.1 Å². The minimum absolute atomic E-state index is 0.147. The molecule has 1 N–H and O–H groups in total. The van der Waals surface area contributed by atoms with E-state index in [4.69, 9.17) is 4.74 Å². The van der Waals surface area contributed by atoms with Gasteiger partial charge in [0.15, 0.2) is 0 Å². The van der Waals surface area contributed by atoms with Gasteiger partial charge in [0.1, 0.15) is 12.4 Å². The van der Waals surface area contributed by atoms with Crippen LogP contribution in [0.5, 0.6) is 0 Å². The number of esters is 2. The third kappa shape index (κ3) is 4.73. The largest absolute Gasteiger partial charge is 0.465 e. The van der Waals surface area contributed by atoms with Crippen LogP contribution in [0.25, 0.3) is 10.9 Å². The average molecular weight is 384 g/mol. The van der Waals surface area contributed by atoms with Crippen molar-refractivity contribution in [3.05, 3.63) is 70.3 Å². The minimum Gasteiger partial charge on any atom is -0.465 e. The van der Waals surface area contributed by atoms with Gasteiger partial charge in [-0.15, -0.1) is 11.8 Å². The van der Waals surface area contributed by atoms with E-state index in [2.05, 4.69) is 14.7 Å². The van der Waals surface area contributed by atoms with Crippen molar-refractivity contribution < 1.29 is 19.1 Å². The number of thioether (sulfide) groups is 1. The third-order valence-electron chi connectivity index (χ3n) is 3.65. The summed E-state index contributed by atoms with van der Waals surface area (Å²) in [5, 5.41) is 0.331. The van der Waals surface area contributed by atoms with E-state index in [-0.39, 0.29) is 29.3 Å². The Labute approximate surface area is 158 Å². The number of aromatic amines is 1. The van der Waals surface area contributed by atoms with Crippen LogP contribution in [0.1, 0.15) is 16.2 Å². The highest BCUT2D eigenvalue weighted by atomic mass is 32.2. The van der Waals surface area contributed by atoms with Crippen LogP contribution in [0, 0.1) is 0 Å². The number of methoxy groups -OCH3 is 1. The molecule has 7 nitrogen and oxygen atoms in total. The van der Waals surface area contributed by atoms with E-state index in [0.717, 1.165) is 4.90 Å². The fraction of sp³-hybridized carbons (Fsp3) is 0.158. The van der Waals surface area contributed by atoms with Gasteiger partial charge in [0.2, 0.25) is 0 Å². The number of benzene rings is 2. The molecule has 0 saturated heterocycles. The molecular weight excluding hydrogens is 368 g/mol. The number of nitrogens with one attached hydrogen (secondary N) is 1. The second kappa shape index (κ2) is 8.50. The van der Waals surface area contributed by atoms with Crippen LogP contribution in [-0.2, 0) is 20.9 Å². The van der Waals surface area contributed by atoms with Crippen LogP contribution in [0.2, 0.25) is 0 Å². The van der Waals surface area contributed by atoms with E-state index in [0.29, 0.717) is 10.9 Å². The van der Waals surface area contributed by atoms with Crippen molar-refractivity contribution in [2.45, 2.75) is 11.5 Å². The van der Waals surface area contributed by atoms with E-state index < -0.39 is 11.9 Å². The summed E-state index contributed by atoms with van der Waals surface area (Å²) in [5.41, 5.74) is 0.234. The van der Waals surface area contributed by atoms with Crippen molar-refractivity contribution in [2.75, 3.05) is 12.9 Å². The smallest absolute Gasteiger partial charge is 0.337 e. The number of nitrogens with zero attached hydrogens (tertiary/aromatic N) is 1. The van der Waals surface area contributed by atoms with Crippen molar-refractivity contribution in [1.29, 1.82) is 0 Å². The first kappa shape index (κ1) is 18.7. The molecule has 8 heteroatoms. The van der Waals surface area contributed by atoms with Crippen molar-refractivity contribution in [2.24, 2.45) is 0 Å². The summed E-state index contributed by atoms with van der Waals surface area (Å²) < 4.78 is 9.83. The minimum atomic E-state index is -0.523. The number of hydrogen-bond acceptors (Lipinski definition) is 7. The zero-order valence-corrected chi connectivity index (χ0v) is 15.2. The highest BCUT2D eigenvalue weighted by molar-refractivity contribution is 8.00. The van der Waals surface area contributed by atoms with E-state index in [9.17, 15) is 14.4 Å². The summed E-state index contributed by atoms with van der Waals surface area (Å²) in [6.07, 6.45) is 0. The van der Waals surface area contributed by atoms with Crippen LogP contribution in [0.3, 0.4) is 0 Å². The fourth-order valence-electron chi connectivity index (χ4n) is 2.35.